The van der Waals surface area contributed by atoms with Crippen LogP contribution in [0.5, 0.6) is 0 Å². The number of nitrogens with one attached hydrogen (secondary N) is 1. The normalized spacial score (nSPS) is 21.1. The second kappa shape index (κ2) is 17.1. The van der Waals surface area contributed by atoms with Gasteiger partial charge in [0.15, 0.2) is 6.10 Å². The van der Waals surface area contributed by atoms with Crippen LogP contribution in [0.4, 0.5) is 0 Å². The van der Waals surface area contributed by atoms with Crippen LogP contribution in [-0.4, -0.2) is 53.0 Å². The summed E-state index contributed by atoms with van der Waals surface area (Å²) in [6.07, 6.45) is -5.30. The van der Waals surface area contributed by atoms with Gasteiger partial charge in [-0.3, -0.25) is 5.41 Å². The Morgan fingerprint density at radius 1 is 0.638 bits per heavy atom. The van der Waals surface area contributed by atoms with E-state index in [0.29, 0.717) is 12.2 Å². The summed E-state index contributed by atoms with van der Waals surface area (Å²) in [4.78, 5) is 13.5. The van der Waals surface area contributed by atoms with E-state index in [1.807, 2.05) is 91.0 Å². The zero-order valence-electron chi connectivity index (χ0n) is 25.3. The van der Waals surface area contributed by atoms with E-state index < -0.39 is 46.4 Å². The van der Waals surface area contributed by atoms with Gasteiger partial charge in [-0.15, -0.1) is 0 Å². The summed E-state index contributed by atoms with van der Waals surface area (Å²) in [5.74, 6) is -1.38. The van der Waals surface area contributed by atoms with E-state index in [1.165, 1.54) is 0 Å². The van der Waals surface area contributed by atoms with E-state index in [9.17, 15) is 4.79 Å². The van der Waals surface area contributed by atoms with Crippen LogP contribution in [0.25, 0.3) is 0 Å². The maximum absolute atomic E-state index is 13.5. The summed E-state index contributed by atoms with van der Waals surface area (Å²) >= 11 is 18.0. The van der Waals surface area contributed by atoms with Crippen LogP contribution in [-0.2, 0) is 48.2 Å². The molecule has 0 aromatic heterocycles. The summed E-state index contributed by atoms with van der Waals surface area (Å²) < 4.78 is 35.1. The fraction of sp³-hybridized carbons (Fsp3) is 0.278. The van der Waals surface area contributed by atoms with Crippen LogP contribution >= 0.6 is 34.8 Å². The van der Waals surface area contributed by atoms with Crippen LogP contribution in [0.3, 0.4) is 0 Å². The second-order valence-corrected chi connectivity index (χ2v) is 13.0. The SMILES string of the molecule is N=C(O[C@H]1O[C@H](COCc2ccccc2)[C@@H](OCc2ccccc2)[C@H](OCc2ccccc2)[C@@H]1OC(=O)c1ccccc1)C(Cl)(Cl)Cl. The summed E-state index contributed by atoms with van der Waals surface area (Å²) in [6.45, 7) is 0.676. The first-order valence-corrected chi connectivity index (χ1v) is 16.1. The molecule has 0 saturated carbocycles. The van der Waals surface area contributed by atoms with Gasteiger partial charge in [-0.1, -0.05) is 144 Å². The molecule has 0 bridgehead atoms. The van der Waals surface area contributed by atoms with Crippen molar-refractivity contribution in [3.63, 3.8) is 0 Å². The van der Waals surface area contributed by atoms with Crippen LogP contribution < -0.4 is 0 Å². The van der Waals surface area contributed by atoms with Gasteiger partial charge in [-0.05, 0) is 28.8 Å². The van der Waals surface area contributed by atoms with Crippen molar-refractivity contribution in [1.29, 1.82) is 5.41 Å². The monoisotopic (exact) mass is 697 g/mol. The number of hydrogen-bond acceptors (Lipinski definition) is 8. The van der Waals surface area contributed by atoms with Crippen LogP contribution in [0.15, 0.2) is 121 Å². The molecule has 11 heteroatoms. The number of carbonyl (C=O) groups is 1. The number of carbonyl (C=O) groups excluding carboxylic acids is 1. The Balaban J connectivity index is 1.49. The molecule has 0 spiro atoms. The van der Waals surface area contributed by atoms with Gasteiger partial charge in [-0.2, -0.15) is 0 Å². The van der Waals surface area contributed by atoms with Gasteiger partial charge in [0.2, 0.25) is 12.2 Å². The molecule has 1 N–H and O–H groups in total. The van der Waals surface area contributed by atoms with Gasteiger partial charge >= 0.3 is 5.97 Å². The molecule has 246 valence electrons. The molecule has 1 aliphatic rings. The smallest absolute Gasteiger partial charge is 0.338 e. The summed E-state index contributed by atoms with van der Waals surface area (Å²) in [7, 11) is 0. The zero-order valence-corrected chi connectivity index (χ0v) is 27.5. The van der Waals surface area contributed by atoms with Crippen molar-refractivity contribution in [3.05, 3.63) is 144 Å². The van der Waals surface area contributed by atoms with E-state index in [0.717, 1.165) is 16.7 Å². The molecule has 4 aromatic carbocycles. The molecule has 0 radical (unpaired) electrons. The molecule has 0 aliphatic carbocycles. The topological polar surface area (TPSA) is 96.3 Å². The lowest BCUT2D eigenvalue weighted by Gasteiger charge is -2.45. The highest BCUT2D eigenvalue weighted by Crippen LogP contribution is 2.34. The first kappa shape index (κ1) is 34.9. The Morgan fingerprint density at radius 3 is 1.62 bits per heavy atom. The first-order chi connectivity index (χ1) is 22.8. The number of benzene rings is 4. The minimum Gasteiger partial charge on any atom is -0.449 e. The summed E-state index contributed by atoms with van der Waals surface area (Å²) in [5.41, 5.74) is 3.03. The second-order valence-electron chi connectivity index (χ2n) is 10.7. The molecule has 4 aromatic rings. The predicted molar refractivity (Wildman–Crippen MR) is 180 cm³/mol. The van der Waals surface area contributed by atoms with Crippen molar-refractivity contribution in [2.45, 2.75) is 54.3 Å². The van der Waals surface area contributed by atoms with Gasteiger partial charge in [0.05, 0.1) is 32.0 Å². The number of rotatable bonds is 13. The van der Waals surface area contributed by atoms with Crippen LogP contribution in [0, 0.1) is 5.41 Å². The lowest BCUT2D eigenvalue weighted by molar-refractivity contribution is -0.302. The zero-order chi connectivity index (χ0) is 33.1. The molecular formula is C36H34Cl3NO7. The van der Waals surface area contributed by atoms with E-state index in [4.69, 9.17) is 68.6 Å². The van der Waals surface area contributed by atoms with Crippen LogP contribution in [0.1, 0.15) is 27.0 Å². The summed E-state index contributed by atoms with van der Waals surface area (Å²) in [6, 6.07) is 37.3. The van der Waals surface area contributed by atoms with Gasteiger partial charge in [0.1, 0.15) is 18.3 Å². The third-order valence-electron chi connectivity index (χ3n) is 7.30. The van der Waals surface area contributed by atoms with Crippen molar-refractivity contribution < 1.29 is 33.2 Å². The average Bonchev–Trinajstić information content (AvgIpc) is 3.09. The maximum atomic E-state index is 13.5. The Morgan fingerprint density at radius 2 is 1.11 bits per heavy atom. The van der Waals surface area contributed by atoms with Gasteiger partial charge in [0.25, 0.3) is 3.79 Å². The molecule has 1 aliphatic heterocycles. The Kier molecular flexibility index (Phi) is 12.7. The maximum Gasteiger partial charge on any atom is 0.338 e. The van der Waals surface area contributed by atoms with Gasteiger partial charge in [-0.25, -0.2) is 4.79 Å². The lowest BCUT2D eigenvalue weighted by atomic mass is 9.97. The number of alkyl halides is 3. The van der Waals surface area contributed by atoms with Crippen molar-refractivity contribution in [1.82, 2.24) is 0 Å². The third kappa shape index (κ3) is 10.3. The Hall–Kier alpha value is -3.47. The van der Waals surface area contributed by atoms with E-state index in [-0.39, 0.29) is 19.8 Å². The highest BCUT2D eigenvalue weighted by molar-refractivity contribution is 6.76. The average molecular weight is 699 g/mol. The van der Waals surface area contributed by atoms with Crippen molar-refractivity contribution in [3.8, 4) is 0 Å². The standard InChI is InChI=1S/C36H34Cl3NO7/c37-36(38,39)35(40)47-34-32(46-33(41)28-19-11-4-12-20-28)31(44-23-27-17-9-3-10-18-27)30(43-22-26-15-7-2-8-16-26)29(45-34)24-42-21-25-13-5-1-6-14-25/h1-20,29-32,34,40H,21-24H2/t29-,30-,31+,32+,34-/m1/s1. The molecule has 0 amide bonds. The number of ether oxygens (including phenoxy) is 6. The van der Waals surface area contributed by atoms with Gasteiger partial charge < -0.3 is 28.4 Å². The van der Waals surface area contributed by atoms with Gasteiger partial charge in [0, 0.05) is 0 Å². The number of esters is 1. The third-order valence-corrected chi connectivity index (χ3v) is 7.81. The van der Waals surface area contributed by atoms with E-state index >= 15 is 0 Å². The Labute approximate surface area is 288 Å². The van der Waals surface area contributed by atoms with E-state index in [1.54, 1.807) is 30.3 Å². The molecule has 47 heavy (non-hydrogen) atoms. The highest BCUT2D eigenvalue weighted by Gasteiger charge is 2.52. The van der Waals surface area contributed by atoms with Crippen LogP contribution in [0.2, 0.25) is 0 Å². The van der Waals surface area contributed by atoms with Crippen molar-refractivity contribution >= 4 is 46.7 Å². The quantitative estimate of drug-likeness (QED) is 0.0662. The molecule has 0 unspecified atom stereocenters. The largest absolute Gasteiger partial charge is 0.449 e. The highest BCUT2D eigenvalue weighted by atomic mass is 35.6. The first-order valence-electron chi connectivity index (χ1n) is 14.9. The number of hydrogen-bond donors (Lipinski definition) is 1. The molecular weight excluding hydrogens is 665 g/mol. The molecule has 1 heterocycles. The molecule has 5 rings (SSSR count). The number of halogens is 3. The molecule has 1 fully saturated rings. The summed E-state index contributed by atoms with van der Waals surface area (Å²) in [5, 5.41) is 8.33. The fourth-order valence-electron chi connectivity index (χ4n) is 4.97. The van der Waals surface area contributed by atoms with Crippen molar-refractivity contribution in [2.24, 2.45) is 0 Å². The molecule has 5 atom stereocenters. The molecule has 1 saturated heterocycles. The lowest BCUT2D eigenvalue weighted by Crippen LogP contribution is -2.62. The van der Waals surface area contributed by atoms with Crippen molar-refractivity contribution in [2.75, 3.05) is 6.61 Å². The predicted octanol–water partition coefficient (Wildman–Crippen LogP) is 7.69. The molecule has 8 nitrogen and oxygen atoms in total. The Bertz CT molecular complexity index is 1540. The minimum absolute atomic E-state index is 0.0415. The minimum atomic E-state index is -2.21. The fourth-order valence-corrected chi connectivity index (χ4v) is 5.11. The van der Waals surface area contributed by atoms with E-state index in [2.05, 4.69) is 0 Å².